The summed E-state index contributed by atoms with van der Waals surface area (Å²) in [5.41, 5.74) is 0.755. The molecule has 1 saturated heterocycles. The molecule has 1 atom stereocenters. The maximum Gasteiger partial charge on any atom is 0.433 e. The molecular formula is C19H20F3N5OS. The molecule has 1 amide bonds. The third-order valence-corrected chi connectivity index (χ3v) is 6.17. The lowest BCUT2D eigenvalue weighted by molar-refractivity contribution is -0.142. The molecule has 1 unspecified atom stereocenters. The van der Waals surface area contributed by atoms with Gasteiger partial charge in [0.25, 0.3) is 5.91 Å². The number of aryl methyl sites for hydroxylation is 3. The Morgan fingerprint density at radius 1 is 1.28 bits per heavy atom. The highest BCUT2D eigenvalue weighted by atomic mass is 32.1. The predicted octanol–water partition coefficient (Wildman–Crippen LogP) is 4.36. The minimum Gasteiger partial charge on any atom is -0.329 e. The summed E-state index contributed by atoms with van der Waals surface area (Å²) in [5, 5.41) is 5.02. The summed E-state index contributed by atoms with van der Waals surface area (Å²) in [4.78, 5) is 23.9. The normalized spacial score (nSPS) is 17.4. The van der Waals surface area contributed by atoms with Crippen molar-refractivity contribution in [3.63, 3.8) is 0 Å². The second kappa shape index (κ2) is 7.08. The Kier molecular flexibility index (Phi) is 4.84. The highest BCUT2D eigenvalue weighted by Crippen LogP contribution is 2.36. The molecule has 1 aliphatic rings. The van der Waals surface area contributed by atoms with Crippen LogP contribution in [0.4, 0.5) is 13.2 Å². The second-order valence-corrected chi connectivity index (χ2v) is 8.33. The summed E-state index contributed by atoms with van der Waals surface area (Å²) in [6.07, 6.45) is -2.75. The minimum atomic E-state index is -4.54. The maximum atomic E-state index is 13.5. The van der Waals surface area contributed by atoms with Gasteiger partial charge in [-0.1, -0.05) is 6.92 Å². The molecule has 0 aliphatic carbocycles. The standard InChI is InChI=1S/C19H20F3N5OS/c1-4-12-8-15(19(20,21)22)27-16(24-12)9-13(25-27)14-6-5-7-26(14)18(28)17-10(2)23-11(3)29-17/h8-9,14H,4-7H2,1-3H3. The topological polar surface area (TPSA) is 63.4 Å². The van der Waals surface area contributed by atoms with Crippen LogP contribution in [0.1, 0.15) is 63.3 Å². The van der Waals surface area contributed by atoms with Crippen molar-refractivity contribution in [3.8, 4) is 0 Å². The zero-order chi connectivity index (χ0) is 20.9. The number of halogens is 3. The molecule has 0 spiro atoms. The van der Waals surface area contributed by atoms with Crippen LogP contribution < -0.4 is 0 Å². The fraction of sp³-hybridized carbons (Fsp3) is 0.474. The molecule has 10 heteroatoms. The van der Waals surface area contributed by atoms with E-state index in [9.17, 15) is 18.0 Å². The molecule has 1 aliphatic heterocycles. The van der Waals surface area contributed by atoms with Gasteiger partial charge in [0.15, 0.2) is 5.65 Å². The molecule has 1 fully saturated rings. The van der Waals surface area contributed by atoms with Crippen molar-refractivity contribution in [1.29, 1.82) is 0 Å². The van der Waals surface area contributed by atoms with Crippen molar-refractivity contribution >= 4 is 22.9 Å². The highest BCUT2D eigenvalue weighted by Gasteiger charge is 2.37. The quantitative estimate of drug-likeness (QED) is 0.628. The van der Waals surface area contributed by atoms with Crippen LogP contribution in [0, 0.1) is 13.8 Å². The van der Waals surface area contributed by atoms with Crippen LogP contribution in [0.25, 0.3) is 5.65 Å². The van der Waals surface area contributed by atoms with Crippen molar-refractivity contribution in [3.05, 3.63) is 44.8 Å². The third-order valence-electron chi connectivity index (χ3n) is 5.10. The van der Waals surface area contributed by atoms with Crippen molar-refractivity contribution in [2.24, 2.45) is 0 Å². The summed E-state index contributed by atoms with van der Waals surface area (Å²) >= 11 is 1.33. The molecule has 0 saturated carbocycles. The Balaban J connectivity index is 1.75. The number of thiazole rings is 1. The van der Waals surface area contributed by atoms with Crippen molar-refractivity contribution in [2.75, 3.05) is 6.54 Å². The number of carbonyl (C=O) groups is 1. The first-order chi connectivity index (χ1) is 13.7. The van der Waals surface area contributed by atoms with E-state index in [-0.39, 0.29) is 17.6 Å². The van der Waals surface area contributed by atoms with Crippen LogP contribution in [0.2, 0.25) is 0 Å². The Hall–Kier alpha value is -2.49. The van der Waals surface area contributed by atoms with Crippen LogP contribution >= 0.6 is 11.3 Å². The molecule has 0 N–H and O–H groups in total. The smallest absolute Gasteiger partial charge is 0.329 e. The molecule has 6 nitrogen and oxygen atoms in total. The SMILES string of the molecule is CCc1cc(C(F)(F)F)n2nc(C3CCCN3C(=O)c3sc(C)nc3C)cc2n1. The first kappa shape index (κ1) is 19.8. The van der Waals surface area contributed by atoms with E-state index >= 15 is 0 Å². The monoisotopic (exact) mass is 423 g/mol. The Morgan fingerprint density at radius 3 is 2.66 bits per heavy atom. The van der Waals surface area contributed by atoms with Gasteiger partial charge in [0, 0.05) is 18.3 Å². The fourth-order valence-electron chi connectivity index (χ4n) is 3.77. The third kappa shape index (κ3) is 3.50. The number of amides is 1. The number of fused-ring (bicyclic) bond motifs is 1. The number of hydrogen-bond donors (Lipinski definition) is 0. The van der Waals surface area contributed by atoms with E-state index in [1.54, 1.807) is 24.8 Å². The Morgan fingerprint density at radius 2 is 2.03 bits per heavy atom. The lowest BCUT2D eigenvalue weighted by Crippen LogP contribution is -2.30. The molecule has 29 heavy (non-hydrogen) atoms. The van der Waals surface area contributed by atoms with Gasteiger partial charge in [-0.25, -0.2) is 14.5 Å². The summed E-state index contributed by atoms with van der Waals surface area (Å²) in [5.74, 6) is -0.147. The second-order valence-electron chi connectivity index (χ2n) is 7.13. The molecule has 0 bridgehead atoms. The van der Waals surface area contributed by atoms with E-state index in [1.807, 2.05) is 6.92 Å². The van der Waals surface area contributed by atoms with E-state index in [0.717, 1.165) is 22.0 Å². The van der Waals surface area contributed by atoms with Gasteiger partial charge in [-0.3, -0.25) is 4.79 Å². The summed E-state index contributed by atoms with van der Waals surface area (Å²) < 4.78 is 41.4. The number of carbonyl (C=O) groups excluding carboxylic acids is 1. The van der Waals surface area contributed by atoms with E-state index in [4.69, 9.17) is 0 Å². The Labute approximate surface area is 169 Å². The first-order valence-electron chi connectivity index (χ1n) is 9.40. The zero-order valence-electron chi connectivity index (χ0n) is 16.2. The number of rotatable bonds is 3. The zero-order valence-corrected chi connectivity index (χ0v) is 17.1. The average Bonchev–Trinajstić information content (AvgIpc) is 3.36. The van der Waals surface area contributed by atoms with Crippen LogP contribution in [0.15, 0.2) is 12.1 Å². The van der Waals surface area contributed by atoms with Gasteiger partial charge in [-0.05, 0) is 39.2 Å². The first-order valence-corrected chi connectivity index (χ1v) is 10.2. The minimum absolute atomic E-state index is 0.147. The number of likely N-dealkylation sites (tertiary alicyclic amines) is 1. The average molecular weight is 423 g/mol. The predicted molar refractivity (Wildman–Crippen MR) is 102 cm³/mol. The number of nitrogens with zero attached hydrogens (tertiary/aromatic N) is 5. The van der Waals surface area contributed by atoms with E-state index in [2.05, 4.69) is 15.1 Å². The highest BCUT2D eigenvalue weighted by molar-refractivity contribution is 7.13. The van der Waals surface area contributed by atoms with Crippen molar-refractivity contribution in [1.82, 2.24) is 24.5 Å². The summed E-state index contributed by atoms with van der Waals surface area (Å²) in [6, 6.07) is 2.22. The number of hydrogen-bond acceptors (Lipinski definition) is 5. The largest absolute Gasteiger partial charge is 0.433 e. The Bertz CT molecular complexity index is 1090. The van der Waals surface area contributed by atoms with Crippen molar-refractivity contribution < 1.29 is 18.0 Å². The van der Waals surface area contributed by atoms with Gasteiger partial charge in [0.1, 0.15) is 10.6 Å². The lowest BCUT2D eigenvalue weighted by Gasteiger charge is -2.22. The van der Waals surface area contributed by atoms with Crippen LogP contribution in [0.3, 0.4) is 0 Å². The van der Waals surface area contributed by atoms with E-state index in [1.165, 1.54) is 11.3 Å². The van der Waals surface area contributed by atoms with Gasteiger partial charge in [-0.2, -0.15) is 18.3 Å². The lowest BCUT2D eigenvalue weighted by atomic mass is 10.1. The fourth-order valence-corrected chi connectivity index (χ4v) is 4.64. The molecular weight excluding hydrogens is 403 g/mol. The summed E-state index contributed by atoms with van der Waals surface area (Å²) in [7, 11) is 0. The van der Waals surface area contributed by atoms with Crippen LogP contribution in [-0.2, 0) is 12.6 Å². The van der Waals surface area contributed by atoms with Crippen LogP contribution in [-0.4, -0.2) is 36.9 Å². The van der Waals surface area contributed by atoms with Gasteiger partial charge in [0.05, 0.1) is 22.4 Å². The van der Waals surface area contributed by atoms with Crippen molar-refractivity contribution in [2.45, 2.75) is 52.3 Å². The molecule has 3 aromatic heterocycles. The molecule has 154 valence electrons. The number of aromatic nitrogens is 4. The maximum absolute atomic E-state index is 13.5. The van der Waals surface area contributed by atoms with Gasteiger partial charge in [0.2, 0.25) is 0 Å². The molecule has 0 aromatic carbocycles. The van der Waals surface area contributed by atoms with E-state index in [0.29, 0.717) is 41.3 Å². The molecule has 0 radical (unpaired) electrons. The van der Waals surface area contributed by atoms with Gasteiger partial charge < -0.3 is 4.90 Å². The van der Waals surface area contributed by atoms with Gasteiger partial charge >= 0.3 is 6.18 Å². The molecule has 4 heterocycles. The van der Waals surface area contributed by atoms with Crippen LogP contribution in [0.5, 0.6) is 0 Å². The van der Waals surface area contributed by atoms with E-state index < -0.39 is 11.9 Å². The molecule has 4 rings (SSSR count). The molecule has 3 aromatic rings. The number of alkyl halides is 3. The van der Waals surface area contributed by atoms with Gasteiger partial charge in [-0.15, -0.1) is 11.3 Å². The summed E-state index contributed by atoms with van der Waals surface area (Å²) in [6.45, 7) is 5.92.